The Kier molecular flexibility index (Phi) is 4.90. The molecule has 1 nitrogen and oxygen atoms in total. The van der Waals surface area contributed by atoms with Crippen LogP contribution in [0.2, 0.25) is 0 Å². The van der Waals surface area contributed by atoms with E-state index in [2.05, 4.69) is 80.0 Å². The van der Waals surface area contributed by atoms with Gasteiger partial charge in [-0.05, 0) is 47.1 Å². The van der Waals surface area contributed by atoms with Crippen molar-refractivity contribution in [3.63, 3.8) is 0 Å². The molecule has 0 fully saturated rings. The van der Waals surface area contributed by atoms with Crippen LogP contribution in [0.5, 0.6) is 0 Å². The average Bonchev–Trinajstić information content (AvgIpc) is 2.49. The van der Waals surface area contributed by atoms with Gasteiger partial charge in [0.25, 0.3) is 0 Å². The lowest BCUT2D eigenvalue weighted by atomic mass is 9.81. The Bertz CT molecular complexity index is 614. The summed E-state index contributed by atoms with van der Waals surface area (Å²) in [4.78, 5) is 0. The second-order valence-corrected chi connectivity index (χ2v) is 7.15. The zero-order valence-corrected chi connectivity index (χ0v) is 14.9. The molecule has 112 valence electrons. The first-order chi connectivity index (χ1) is 9.86. The van der Waals surface area contributed by atoms with Gasteiger partial charge >= 0.3 is 0 Å². The van der Waals surface area contributed by atoms with Gasteiger partial charge in [-0.1, -0.05) is 73.1 Å². The average molecular weight is 346 g/mol. The molecule has 21 heavy (non-hydrogen) atoms. The van der Waals surface area contributed by atoms with E-state index in [1.807, 2.05) is 6.07 Å². The number of halogens is 1. The van der Waals surface area contributed by atoms with Crippen molar-refractivity contribution in [2.75, 3.05) is 0 Å². The number of benzene rings is 2. The van der Waals surface area contributed by atoms with Gasteiger partial charge in [-0.3, -0.25) is 0 Å². The van der Waals surface area contributed by atoms with Gasteiger partial charge in [0.1, 0.15) is 0 Å². The molecule has 2 aromatic rings. The standard InChI is InChI=1S/C19H24BrN/c1-5-19(3,4)15-11-9-14(10-12-15)18(21)16-7-6-8-17(20)13(16)2/h6-12,18H,5,21H2,1-4H3. The summed E-state index contributed by atoms with van der Waals surface area (Å²) in [5, 5.41) is 0. The summed E-state index contributed by atoms with van der Waals surface area (Å²) in [7, 11) is 0. The van der Waals surface area contributed by atoms with E-state index in [1.165, 1.54) is 16.7 Å². The molecule has 0 aliphatic rings. The number of hydrogen-bond donors (Lipinski definition) is 1. The molecule has 0 saturated heterocycles. The number of hydrogen-bond acceptors (Lipinski definition) is 1. The third-order valence-electron chi connectivity index (χ3n) is 4.58. The first kappa shape index (κ1) is 16.3. The van der Waals surface area contributed by atoms with Crippen LogP contribution in [0.1, 0.15) is 55.5 Å². The molecule has 0 spiro atoms. The SMILES string of the molecule is CCC(C)(C)c1ccc(C(N)c2cccc(Br)c2C)cc1. The molecular weight excluding hydrogens is 322 g/mol. The molecule has 2 N–H and O–H groups in total. The minimum absolute atomic E-state index is 0.0821. The summed E-state index contributed by atoms with van der Waals surface area (Å²) in [6.07, 6.45) is 1.13. The number of rotatable bonds is 4. The van der Waals surface area contributed by atoms with Gasteiger partial charge < -0.3 is 5.73 Å². The van der Waals surface area contributed by atoms with Crippen LogP contribution in [0, 0.1) is 6.92 Å². The lowest BCUT2D eigenvalue weighted by molar-refractivity contribution is 0.506. The monoisotopic (exact) mass is 345 g/mol. The normalized spacial score (nSPS) is 13.2. The summed E-state index contributed by atoms with van der Waals surface area (Å²) >= 11 is 3.58. The van der Waals surface area contributed by atoms with Gasteiger partial charge in [-0.25, -0.2) is 0 Å². The van der Waals surface area contributed by atoms with Gasteiger partial charge in [0.2, 0.25) is 0 Å². The third-order valence-corrected chi connectivity index (χ3v) is 5.44. The van der Waals surface area contributed by atoms with E-state index in [0.717, 1.165) is 16.5 Å². The fourth-order valence-corrected chi connectivity index (χ4v) is 2.87. The van der Waals surface area contributed by atoms with Gasteiger partial charge in [0.05, 0.1) is 6.04 Å². The fourth-order valence-electron chi connectivity index (χ4n) is 2.49. The molecule has 0 heterocycles. The van der Waals surface area contributed by atoms with Crippen LogP contribution in [-0.4, -0.2) is 0 Å². The highest BCUT2D eigenvalue weighted by Crippen LogP contribution is 2.30. The molecule has 2 heteroatoms. The van der Waals surface area contributed by atoms with Crippen LogP contribution < -0.4 is 5.73 Å². The Balaban J connectivity index is 2.32. The molecule has 2 rings (SSSR count). The number of nitrogens with two attached hydrogens (primary N) is 1. The van der Waals surface area contributed by atoms with Crippen LogP contribution in [0.25, 0.3) is 0 Å². The van der Waals surface area contributed by atoms with E-state index in [1.54, 1.807) is 0 Å². The van der Waals surface area contributed by atoms with Crippen molar-refractivity contribution < 1.29 is 0 Å². The zero-order valence-electron chi connectivity index (χ0n) is 13.3. The van der Waals surface area contributed by atoms with Crippen molar-refractivity contribution in [1.82, 2.24) is 0 Å². The van der Waals surface area contributed by atoms with E-state index >= 15 is 0 Å². The lowest BCUT2D eigenvalue weighted by Crippen LogP contribution is -2.17. The van der Waals surface area contributed by atoms with Crippen molar-refractivity contribution in [2.45, 2.75) is 45.6 Å². The Morgan fingerprint density at radius 3 is 2.29 bits per heavy atom. The summed E-state index contributed by atoms with van der Waals surface area (Å²) in [6.45, 7) is 8.89. The van der Waals surface area contributed by atoms with Gasteiger partial charge in [-0.15, -0.1) is 0 Å². The minimum atomic E-state index is -0.0821. The third kappa shape index (κ3) is 3.38. The Labute approximate surface area is 136 Å². The van der Waals surface area contributed by atoms with Crippen molar-refractivity contribution >= 4 is 15.9 Å². The first-order valence-corrected chi connectivity index (χ1v) is 8.27. The zero-order chi connectivity index (χ0) is 15.6. The maximum Gasteiger partial charge on any atom is 0.0554 e. The summed E-state index contributed by atoms with van der Waals surface area (Å²) in [5.74, 6) is 0. The minimum Gasteiger partial charge on any atom is -0.320 e. The van der Waals surface area contributed by atoms with Crippen molar-refractivity contribution in [2.24, 2.45) is 5.73 Å². The molecule has 0 saturated carbocycles. The topological polar surface area (TPSA) is 26.0 Å². The maximum absolute atomic E-state index is 6.46. The highest BCUT2D eigenvalue weighted by Gasteiger charge is 2.19. The molecule has 0 aromatic heterocycles. The van der Waals surface area contributed by atoms with Crippen LogP contribution in [-0.2, 0) is 5.41 Å². The molecular formula is C19H24BrN. The van der Waals surface area contributed by atoms with Crippen LogP contribution >= 0.6 is 15.9 Å². The van der Waals surface area contributed by atoms with E-state index in [4.69, 9.17) is 5.73 Å². The van der Waals surface area contributed by atoms with Crippen LogP contribution in [0.15, 0.2) is 46.9 Å². The van der Waals surface area contributed by atoms with Crippen molar-refractivity contribution in [3.8, 4) is 0 Å². The molecule has 0 aliphatic heterocycles. The Hall–Kier alpha value is -1.12. The summed E-state index contributed by atoms with van der Waals surface area (Å²) < 4.78 is 1.11. The van der Waals surface area contributed by atoms with Crippen LogP contribution in [0.3, 0.4) is 0 Å². The molecule has 0 aliphatic carbocycles. The van der Waals surface area contributed by atoms with E-state index in [-0.39, 0.29) is 11.5 Å². The highest BCUT2D eigenvalue weighted by molar-refractivity contribution is 9.10. The quantitative estimate of drug-likeness (QED) is 0.778. The fraction of sp³-hybridized carbons (Fsp3) is 0.368. The molecule has 0 radical (unpaired) electrons. The van der Waals surface area contributed by atoms with Crippen molar-refractivity contribution in [3.05, 3.63) is 69.2 Å². The molecule has 2 aromatic carbocycles. The molecule has 1 atom stereocenters. The highest BCUT2D eigenvalue weighted by atomic mass is 79.9. The van der Waals surface area contributed by atoms with E-state index < -0.39 is 0 Å². The smallest absolute Gasteiger partial charge is 0.0554 e. The molecule has 0 amide bonds. The second kappa shape index (κ2) is 6.33. The predicted molar refractivity (Wildman–Crippen MR) is 94.7 cm³/mol. The van der Waals surface area contributed by atoms with Crippen molar-refractivity contribution in [1.29, 1.82) is 0 Å². The predicted octanol–water partition coefficient (Wildman–Crippen LogP) is 5.49. The van der Waals surface area contributed by atoms with Gasteiger partial charge in [-0.2, -0.15) is 0 Å². The maximum atomic E-state index is 6.46. The Morgan fingerprint density at radius 1 is 1.10 bits per heavy atom. The Morgan fingerprint density at radius 2 is 1.71 bits per heavy atom. The van der Waals surface area contributed by atoms with Gasteiger partial charge in [0, 0.05) is 4.47 Å². The first-order valence-electron chi connectivity index (χ1n) is 7.48. The van der Waals surface area contributed by atoms with Crippen LogP contribution in [0.4, 0.5) is 0 Å². The van der Waals surface area contributed by atoms with E-state index in [0.29, 0.717) is 0 Å². The summed E-state index contributed by atoms with van der Waals surface area (Å²) in [6, 6.07) is 14.9. The molecule has 1 unspecified atom stereocenters. The second-order valence-electron chi connectivity index (χ2n) is 6.29. The van der Waals surface area contributed by atoms with Gasteiger partial charge in [0.15, 0.2) is 0 Å². The largest absolute Gasteiger partial charge is 0.320 e. The molecule has 0 bridgehead atoms. The van der Waals surface area contributed by atoms with E-state index in [9.17, 15) is 0 Å². The lowest BCUT2D eigenvalue weighted by Gasteiger charge is -2.24. The summed E-state index contributed by atoms with van der Waals surface area (Å²) in [5.41, 5.74) is 11.6.